The molecule has 0 bridgehead atoms. The third kappa shape index (κ3) is 1.94. The first-order valence-electron chi connectivity index (χ1n) is 3.67. The number of nitrogens with zero attached hydrogens (tertiary/aromatic N) is 2. The number of aromatic nitrogens is 1. The van der Waals surface area contributed by atoms with E-state index in [0.29, 0.717) is 16.5 Å². The van der Waals surface area contributed by atoms with E-state index in [9.17, 15) is 0 Å². The van der Waals surface area contributed by atoms with Crippen LogP contribution in [0.15, 0.2) is 18.3 Å². The van der Waals surface area contributed by atoms with Gasteiger partial charge in [-0.15, -0.1) is 0 Å². The maximum absolute atomic E-state index is 9.01. The van der Waals surface area contributed by atoms with Gasteiger partial charge in [-0.25, -0.2) is 10.0 Å². The van der Waals surface area contributed by atoms with Crippen molar-refractivity contribution in [3.63, 3.8) is 0 Å². The second-order valence-corrected chi connectivity index (χ2v) is 2.43. The monoisotopic (exact) mass is 181 g/mol. The summed E-state index contributed by atoms with van der Waals surface area (Å²) in [6, 6.07) is 3.38. The Hall–Kier alpha value is -1.62. The lowest BCUT2D eigenvalue weighted by molar-refractivity contribution is 0.0129. The van der Waals surface area contributed by atoms with Crippen molar-refractivity contribution in [3.8, 4) is 5.75 Å². The van der Waals surface area contributed by atoms with Gasteiger partial charge in [0.05, 0.1) is 7.11 Å². The van der Waals surface area contributed by atoms with E-state index in [1.165, 1.54) is 20.4 Å². The lowest BCUT2D eigenvalue weighted by Crippen LogP contribution is -2.24. The molecule has 0 aliphatic carbocycles. The zero-order valence-corrected chi connectivity index (χ0v) is 7.48. The Kier molecular flexibility index (Phi) is 2.81. The normalized spacial score (nSPS) is 9.46. The Morgan fingerprint density at radius 2 is 2.38 bits per heavy atom. The van der Waals surface area contributed by atoms with E-state index in [1.54, 1.807) is 12.1 Å². The molecule has 1 rings (SSSR count). The number of amidine groups is 1. The van der Waals surface area contributed by atoms with E-state index < -0.39 is 0 Å². The molecule has 1 heterocycles. The number of ether oxygens (including phenoxy) is 1. The molecule has 0 atom stereocenters. The summed E-state index contributed by atoms with van der Waals surface area (Å²) in [6.07, 6.45) is 1.54. The van der Waals surface area contributed by atoms with Gasteiger partial charge in [-0.1, -0.05) is 0 Å². The van der Waals surface area contributed by atoms with Crippen molar-refractivity contribution >= 4 is 5.84 Å². The zero-order chi connectivity index (χ0) is 9.84. The van der Waals surface area contributed by atoms with Crippen molar-refractivity contribution < 1.29 is 9.94 Å². The molecule has 0 aliphatic heterocycles. The van der Waals surface area contributed by atoms with E-state index >= 15 is 0 Å². The SMILES string of the molecule is COc1cccnc1C(=N)N(C)O. The summed E-state index contributed by atoms with van der Waals surface area (Å²) in [6.45, 7) is 0. The van der Waals surface area contributed by atoms with E-state index in [-0.39, 0.29) is 5.84 Å². The summed E-state index contributed by atoms with van der Waals surface area (Å²) in [7, 11) is 2.85. The number of methoxy groups -OCH3 is 1. The highest BCUT2D eigenvalue weighted by Crippen LogP contribution is 2.15. The van der Waals surface area contributed by atoms with Gasteiger partial charge in [0.15, 0.2) is 5.84 Å². The van der Waals surface area contributed by atoms with Crippen LogP contribution in [0.3, 0.4) is 0 Å². The lowest BCUT2D eigenvalue weighted by Gasteiger charge is -2.12. The van der Waals surface area contributed by atoms with Gasteiger partial charge in [-0.2, -0.15) is 0 Å². The number of hydroxylamine groups is 2. The quantitative estimate of drug-likeness (QED) is 0.401. The molecule has 5 nitrogen and oxygen atoms in total. The highest BCUT2D eigenvalue weighted by atomic mass is 16.5. The molecule has 0 aromatic carbocycles. The van der Waals surface area contributed by atoms with E-state index in [4.69, 9.17) is 15.4 Å². The van der Waals surface area contributed by atoms with Crippen LogP contribution < -0.4 is 4.74 Å². The van der Waals surface area contributed by atoms with E-state index in [2.05, 4.69) is 4.98 Å². The molecule has 0 aliphatic rings. The van der Waals surface area contributed by atoms with Crippen LogP contribution in [0.4, 0.5) is 0 Å². The third-order valence-corrected chi connectivity index (χ3v) is 1.54. The van der Waals surface area contributed by atoms with Crippen LogP contribution in [-0.2, 0) is 0 Å². The molecule has 0 saturated carbocycles. The highest BCUT2D eigenvalue weighted by molar-refractivity contribution is 5.95. The Bertz CT molecular complexity index is 312. The Balaban J connectivity index is 3.06. The summed E-state index contributed by atoms with van der Waals surface area (Å²) in [5.74, 6) is 0.367. The standard InChI is InChI=1S/C8H11N3O2/c1-11(12)8(9)7-6(13-2)4-3-5-10-7/h3-5,9,12H,1-2H3. The summed E-state index contributed by atoms with van der Waals surface area (Å²) >= 11 is 0. The van der Waals surface area contributed by atoms with Gasteiger partial charge < -0.3 is 4.74 Å². The first-order valence-corrected chi connectivity index (χ1v) is 3.67. The largest absolute Gasteiger partial charge is 0.494 e. The maximum atomic E-state index is 9.01. The minimum absolute atomic E-state index is 0.0996. The van der Waals surface area contributed by atoms with Crippen molar-refractivity contribution in [1.82, 2.24) is 10.0 Å². The molecule has 1 aromatic heterocycles. The number of hydrogen-bond acceptors (Lipinski definition) is 4. The summed E-state index contributed by atoms with van der Waals surface area (Å²) in [5.41, 5.74) is 0.315. The van der Waals surface area contributed by atoms with Gasteiger partial charge in [0.25, 0.3) is 0 Å². The van der Waals surface area contributed by atoms with Crippen molar-refractivity contribution in [2.45, 2.75) is 0 Å². The summed E-state index contributed by atoms with van der Waals surface area (Å²) in [5, 5.41) is 17.2. The Morgan fingerprint density at radius 3 is 2.92 bits per heavy atom. The van der Waals surface area contributed by atoms with Crippen molar-refractivity contribution in [2.75, 3.05) is 14.2 Å². The molecule has 0 amide bonds. The predicted octanol–water partition coefficient (Wildman–Crippen LogP) is 0.737. The van der Waals surface area contributed by atoms with Gasteiger partial charge in [0, 0.05) is 13.2 Å². The zero-order valence-electron chi connectivity index (χ0n) is 7.48. The van der Waals surface area contributed by atoms with Crippen molar-refractivity contribution in [2.24, 2.45) is 0 Å². The average molecular weight is 181 g/mol. The van der Waals surface area contributed by atoms with Crippen LogP contribution in [0.25, 0.3) is 0 Å². The second-order valence-electron chi connectivity index (χ2n) is 2.43. The lowest BCUT2D eigenvalue weighted by atomic mass is 10.3. The number of pyridine rings is 1. The number of nitrogens with one attached hydrogen (secondary N) is 1. The Labute approximate surface area is 76.1 Å². The molecule has 2 N–H and O–H groups in total. The highest BCUT2D eigenvalue weighted by Gasteiger charge is 2.11. The fourth-order valence-corrected chi connectivity index (χ4v) is 0.886. The summed E-state index contributed by atoms with van der Waals surface area (Å²) in [4.78, 5) is 3.92. The van der Waals surface area contributed by atoms with Gasteiger partial charge in [0.2, 0.25) is 0 Å². The van der Waals surface area contributed by atoms with E-state index in [0.717, 1.165) is 0 Å². The molecule has 70 valence electrons. The smallest absolute Gasteiger partial charge is 0.174 e. The summed E-state index contributed by atoms with van der Waals surface area (Å²) < 4.78 is 4.98. The van der Waals surface area contributed by atoms with Gasteiger partial charge in [0.1, 0.15) is 11.4 Å². The van der Waals surface area contributed by atoms with Gasteiger partial charge in [-0.3, -0.25) is 10.6 Å². The average Bonchev–Trinajstić information content (AvgIpc) is 2.16. The van der Waals surface area contributed by atoms with Crippen molar-refractivity contribution in [1.29, 1.82) is 5.41 Å². The Morgan fingerprint density at radius 1 is 1.69 bits per heavy atom. The van der Waals surface area contributed by atoms with Crippen LogP contribution in [0, 0.1) is 5.41 Å². The predicted molar refractivity (Wildman–Crippen MR) is 47.2 cm³/mol. The molecule has 0 saturated heterocycles. The number of rotatable bonds is 2. The molecule has 0 unspecified atom stereocenters. The van der Waals surface area contributed by atoms with Crippen molar-refractivity contribution in [3.05, 3.63) is 24.0 Å². The number of hydrogen-bond donors (Lipinski definition) is 2. The minimum Gasteiger partial charge on any atom is -0.494 e. The van der Waals surface area contributed by atoms with Crippen LogP contribution in [0.1, 0.15) is 5.69 Å². The minimum atomic E-state index is -0.0996. The topological polar surface area (TPSA) is 69.4 Å². The molecule has 0 spiro atoms. The van der Waals surface area contributed by atoms with Crippen LogP contribution in [0.5, 0.6) is 5.75 Å². The molecule has 0 radical (unpaired) electrons. The van der Waals surface area contributed by atoms with Crippen LogP contribution in [0.2, 0.25) is 0 Å². The van der Waals surface area contributed by atoms with Crippen LogP contribution >= 0.6 is 0 Å². The second kappa shape index (κ2) is 3.86. The fraction of sp³-hybridized carbons (Fsp3) is 0.250. The van der Waals surface area contributed by atoms with Crippen LogP contribution in [-0.4, -0.2) is 35.2 Å². The van der Waals surface area contributed by atoms with Gasteiger partial charge >= 0.3 is 0 Å². The fourth-order valence-electron chi connectivity index (χ4n) is 0.886. The first-order chi connectivity index (χ1) is 6.16. The molecule has 5 heteroatoms. The third-order valence-electron chi connectivity index (χ3n) is 1.54. The van der Waals surface area contributed by atoms with E-state index in [1.807, 2.05) is 0 Å². The molecular formula is C8H11N3O2. The maximum Gasteiger partial charge on any atom is 0.174 e. The molecule has 0 fully saturated rings. The molecule has 13 heavy (non-hydrogen) atoms. The van der Waals surface area contributed by atoms with Gasteiger partial charge in [-0.05, 0) is 12.1 Å². The molecular weight excluding hydrogens is 170 g/mol. The first kappa shape index (κ1) is 9.47. The molecule has 1 aromatic rings.